The van der Waals surface area contributed by atoms with Crippen molar-refractivity contribution in [3.05, 3.63) is 83.4 Å². The molecule has 36 heavy (non-hydrogen) atoms. The summed E-state index contributed by atoms with van der Waals surface area (Å²) >= 11 is 7.09. The molecule has 1 fully saturated rings. The highest BCUT2D eigenvalue weighted by molar-refractivity contribution is 7.89. The molecule has 0 radical (unpaired) electrons. The van der Waals surface area contributed by atoms with Gasteiger partial charge in [-0.2, -0.15) is 13.5 Å². The molecule has 5 rings (SSSR count). The molecule has 1 atom stereocenters. The number of benzene rings is 3. The summed E-state index contributed by atoms with van der Waals surface area (Å²) in [5.41, 5.74) is 2.67. The van der Waals surface area contributed by atoms with Gasteiger partial charge in [-0.25, -0.2) is 8.42 Å². The molecule has 8 nitrogen and oxygen atoms in total. The largest absolute Gasteiger partial charge is 0.368 e. The van der Waals surface area contributed by atoms with Crippen LogP contribution in [0.15, 0.2) is 77.7 Å². The second kappa shape index (κ2) is 10.5. The fourth-order valence-electron chi connectivity index (χ4n) is 4.36. The summed E-state index contributed by atoms with van der Waals surface area (Å²) < 4.78 is 37.8. The molecule has 11 heteroatoms. The summed E-state index contributed by atoms with van der Waals surface area (Å²) in [6, 6.07) is 20.9. The molecule has 1 aliphatic rings. The molecule has 186 valence electrons. The van der Waals surface area contributed by atoms with Gasteiger partial charge < -0.3 is 9.80 Å². The first-order chi connectivity index (χ1) is 17.4. The fraction of sp³-hybridized carbons (Fsp3) is 0.240. The number of carbonyl (C=O) groups excluding carboxylic acids is 1. The topological polar surface area (TPSA) is 95.5 Å². The highest BCUT2D eigenvalue weighted by atomic mass is 35.5. The van der Waals surface area contributed by atoms with Crippen molar-refractivity contribution >= 4 is 56.0 Å². The molecule has 0 saturated carbocycles. The van der Waals surface area contributed by atoms with Gasteiger partial charge in [0.1, 0.15) is 22.0 Å². The number of aromatic nitrogens is 2. The lowest BCUT2D eigenvalue weighted by Gasteiger charge is -2.37. The van der Waals surface area contributed by atoms with Crippen LogP contribution in [-0.4, -0.2) is 60.2 Å². The van der Waals surface area contributed by atoms with Crippen molar-refractivity contribution in [2.24, 2.45) is 0 Å². The van der Waals surface area contributed by atoms with E-state index in [1.54, 1.807) is 17.0 Å². The van der Waals surface area contributed by atoms with E-state index in [2.05, 4.69) is 18.4 Å². The predicted octanol–water partition coefficient (Wildman–Crippen LogP) is 3.58. The zero-order valence-corrected chi connectivity index (χ0v) is 21.6. The Bertz CT molecular complexity index is 1470. The van der Waals surface area contributed by atoms with Crippen molar-refractivity contribution < 1.29 is 13.2 Å². The van der Waals surface area contributed by atoms with Crippen LogP contribution in [0.4, 0.5) is 5.69 Å². The Morgan fingerprint density at radius 2 is 1.72 bits per heavy atom. The number of hydrogen-bond donors (Lipinski definition) is 1. The van der Waals surface area contributed by atoms with Crippen LogP contribution < -0.4 is 9.62 Å². The predicted molar refractivity (Wildman–Crippen MR) is 142 cm³/mol. The molecule has 4 aromatic rings. The second-order valence-corrected chi connectivity index (χ2v) is 11.2. The van der Waals surface area contributed by atoms with Crippen molar-refractivity contribution in [3.8, 4) is 0 Å². The normalized spacial score (nSPS) is 15.2. The van der Waals surface area contributed by atoms with Gasteiger partial charge >= 0.3 is 0 Å². The Kier molecular flexibility index (Phi) is 7.20. The zero-order chi connectivity index (χ0) is 25.1. The Morgan fingerprint density at radius 1 is 0.972 bits per heavy atom. The van der Waals surface area contributed by atoms with E-state index in [-0.39, 0.29) is 17.2 Å². The third-order valence-corrected chi connectivity index (χ3v) is 8.46. The van der Waals surface area contributed by atoms with Gasteiger partial charge in [0.15, 0.2) is 0 Å². The quantitative estimate of drug-likeness (QED) is 0.384. The summed E-state index contributed by atoms with van der Waals surface area (Å²) in [4.78, 5) is 17.6. The van der Waals surface area contributed by atoms with E-state index in [0.29, 0.717) is 42.2 Å². The van der Waals surface area contributed by atoms with Crippen molar-refractivity contribution in [1.29, 1.82) is 0 Å². The van der Waals surface area contributed by atoms with Crippen molar-refractivity contribution in [3.63, 3.8) is 0 Å². The fourth-order valence-corrected chi connectivity index (χ4v) is 6.50. The SMILES string of the molecule is O=C([C@H](Cc1ccccc1)NS(=O)(=O)c1cccc2nsnc12)N1CCN(c2cccc(Cl)c2)CC1. The number of hydrogen-bond acceptors (Lipinski definition) is 7. The number of sulfonamides is 1. The summed E-state index contributed by atoms with van der Waals surface area (Å²) in [7, 11) is -4.04. The standard InChI is InChI=1S/C25H24ClN5O3S2/c26-19-8-4-9-20(17-19)30-12-14-31(15-13-30)25(32)22(16-18-6-2-1-3-7-18)29-36(33,34)23-11-5-10-21-24(23)28-35-27-21/h1-11,17,22,29H,12-16H2/t22-/m0/s1. The molecule has 1 aliphatic heterocycles. The van der Waals surface area contributed by atoms with Gasteiger partial charge in [-0.15, -0.1) is 0 Å². The van der Waals surface area contributed by atoms with Gasteiger partial charge in [-0.1, -0.05) is 54.1 Å². The third-order valence-electron chi connectivity index (χ3n) is 6.18. The minimum Gasteiger partial charge on any atom is -0.368 e. The Morgan fingerprint density at radius 3 is 2.47 bits per heavy atom. The lowest BCUT2D eigenvalue weighted by molar-refractivity contribution is -0.133. The maximum absolute atomic E-state index is 13.7. The summed E-state index contributed by atoms with van der Waals surface area (Å²) in [5, 5.41) is 0.661. The van der Waals surface area contributed by atoms with Crippen molar-refractivity contribution in [2.75, 3.05) is 31.1 Å². The molecule has 1 amide bonds. The van der Waals surface area contributed by atoms with E-state index >= 15 is 0 Å². The molecular weight excluding hydrogens is 518 g/mol. The zero-order valence-electron chi connectivity index (χ0n) is 19.2. The number of anilines is 1. The van der Waals surface area contributed by atoms with E-state index < -0.39 is 16.1 Å². The molecule has 1 saturated heterocycles. The Balaban J connectivity index is 1.37. The van der Waals surface area contributed by atoms with Gasteiger partial charge in [0.2, 0.25) is 15.9 Å². The molecule has 3 aromatic carbocycles. The summed E-state index contributed by atoms with van der Waals surface area (Å²) in [5.74, 6) is -0.253. The molecule has 0 bridgehead atoms. The molecule has 0 aliphatic carbocycles. The van der Waals surface area contributed by atoms with Crippen LogP contribution >= 0.6 is 23.3 Å². The van der Waals surface area contributed by atoms with Crippen LogP contribution in [0.25, 0.3) is 11.0 Å². The third kappa shape index (κ3) is 5.36. The van der Waals surface area contributed by atoms with Crippen LogP contribution in [0.2, 0.25) is 5.02 Å². The number of amides is 1. The molecule has 1 aromatic heterocycles. The van der Waals surface area contributed by atoms with Gasteiger partial charge in [0, 0.05) is 36.9 Å². The van der Waals surface area contributed by atoms with Crippen LogP contribution in [-0.2, 0) is 21.2 Å². The molecule has 1 N–H and O–H groups in total. The first-order valence-electron chi connectivity index (χ1n) is 11.5. The lowest BCUT2D eigenvalue weighted by atomic mass is 10.1. The Labute approximate surface area is 218 Å². The number of nitrogens with one attached hydrogen (secondary N) is 1. The number of nitrogens with zero attached hydrogens (tertiary/aromatic N) is 4. The van der Waals surface area contributed by atoms with Gasteiger partial charge in [0.25, 0.3) is 0 Å². The monoisotopic (exact) mass is 541 g/mol. The maximum Gasteiger partial charge on any atom is 0.243 e. The average molecular weight is 542 g/mol. The molecule has 2 heterocycles. The Hall–Kier alpha value is -3.05. The van der Waals surface area contributed by atoms with Gasteiger partial charge in [-0.05, 0) is 42.3 Å². The van der Waals surface area contributed by atoms with Crippen molar-refractivity contribution in [1.82, 2.24) is 18.4 Å². The maximum atomic E-state index is 13.7. The minimum atomic E-state index is -4.04. The van der Waals surface area contributed by atoms with E-state index in [1.807, 2.05) is 54.6 Å². The smallest absolute Gasteiger partial charge is 0.243 e. The van der Waals surface area contributed by atoms with Crippen LogP contribution in [0.5, 0.6) is 0 Å². The first kappa shape index (κ1) is 24.6. The van der Waals surface area contributed by atoms with Crippen LogP contribution in [0.1, 0.15) is 5.56 Å². The second-order valence-electron chi connectivity index (χ2n) is 8.54. The number of rotatable bonds is 7. The van der Waals surface area contributed by atoms with Crippen LogP contribution in [0.3, 0.4) is 0 Å². The highest BCUT2D eigenvalue weighted by Gasteiger charge is 2.32. The number of halogens is 1. The average Bonchev–Trinajstić information content (AvgIpc) is 3.37. The van der Waals surface area contributed by atoms with E-state index in [9.17, 15) is 13.2 Å². The summed E-state index contributed by atoms with van der Waals surface area (Å²) in [6.07, 6.45) is 0.235. The first-order valence-corrected chi connectivity index (χ1v) is 14.1. The van der Waals surface area contributed by atoms with E-state index in [1.165, 1.54) is 6.07 Å². The van der Waals surface area contributed by atoms with Crippen LogP contribution in [0, 0.1) is 0 Å². The lowest BCUT2D eigenvalue weighted by Crippen LogP contribution is -2.55. The molecule has 0 spiro atoms. The van der Waals surface area contributed by atoms with E-state index in [4.69, 9.17) is 11.6 Å². The number of fused-ring (bicyclic) bond motifs is 1. The summed E-state index contributed by atoms with van der Waals surface area (Å²) in [6.45, 7) is 2.20. The van der Waals surface area contributed by atoms with Gasteiger partial charge in [0.05, 0.1) is 11.7 Å². The van der Waals surface area contributed by atoms with Gasteiger partial charge in [-0.3, -0.25) is 4.79 Å². The van der Waals surface area contributed by atoms with E-state index in [0.717, 1.165) is 23.0 Å². The molecule has 0 unspecified atom stereocenters. The van der Waals surface area contributed by atoms with Crippen molar-refractivity contribution in [2.45, 2.75) is 17.4 Å². The minimum absolute atomic E-state index is 0.0189. The molecular formula is C25H24ClN5O3S2. The highest BCUT2D eigenvalue weighted by Crippen LogP contribution is 2.23. The number of carbonyl (C=O) groups is 1. The number of piperazine rings is 1.